The molecule has 11 heavy (non-hydrogen) atoms. The number of methoxy groups -OCH3 is 1. The van der Waals surface area contributed by atoms with Crippen molar-refractivity contribution in [3.8, 4) is 0 Å². The lowest BCUT2D eigenvalue weighted by molar-refractivity contribution is 0.128. The topological polar surface area (TPSA) is 31.2 Å². The normalized spacial score (nSPS) is 10.0. The van der Waals surface area contributed by atoms with Gasteiger partial charge in [-0.15, -0.1) is 0 Å². The Bertz CT molecular complexity index is 295. The van der Waals surface area contributed by atoms with E-state index in [9.17, 15) is 4.79 Å². The van der Waals surface area contributed by atoms with Crippen LogP contribution in [0.4, 0.5) is 0 Å². The van der Waals surface area contributed by atoms with Crippen LogP contribution >= 0.6 is 11.6 Å². The van der Waals surface area contributed by atoms with Crippen LogP contribution in [0.25, 0.3) is 0 Å². The molecule has 0 bridgehead atoms. The summed E-state index contributed by atoms with van der Waals surface area (Å²) >= 11 is 5.58. The van der Waals surface area contributed by atoms with Crippen molar-refractivity contribution >= 4 is 11.6 Å². The summed E-state index contributed by atoms with van der Waals surface area (Å²) in [6.07, 6.45) is 1.48. The smallest absolute Gasteiger partial charge is 0.253 e. The molecule has 59 valence electrons. The van der Waals surface area contributed by atoms with Crippen molar-refractivity contribution in [3.05, 3.63) is 33.7 Å². The van der Waals surface area contributed by atoms with E-state index < -0.39 is 0 Å². The van der Waals surface area contributed by atoms with E-state index >= 15 is 0 Å². The summed E-state index contributed by atoms with van der Waals surface area (Å²) in [5, 5.41) is 0.404. The van der Waals surface area contributed by atoms with E-state index in [4.69, 9.17) is 16.3 Å². The maximum absolute atomic E-state index is 11.0. The summed E-state index contributed by atoms with van der Waals surface area (Å²) in [7, 11) is 1.51. The van der Waals surface area contributed by atoms with Crippen molar-refractivity contribution in [3.63, 3.8) is 0 Å². The number of pyridine rings is 1. The van der Waals surface area contributed by atoms with Crippen molar-refractivity contribution in [1.82, 2.24) is 4.57 Å². The van der Waals surface area contributed by atoms with E-state index in [1.165, 1.54) is 23.9 Å². The lowest BCUT2D eigenvalue weighted by Crippen LogP contribution is -2.18. The summed E-state index contributed by atoms with van der Waals surface area (Å²) < 4.78 is 6.11. The van der Waals surface area contributed by atoms with Crippen LogP contribution in [0, 0.1) is 6.07 Å². The zero-order valence-corrected chi connectivity index (χ0v) is 6.76. The molecule has 0 saturated heterocycles. The first-order valence-electron chi connectivity index (χ1n) is 3.00. The van der Waals surface area contributed by atoms with E-state index in [0.717, 1.165) is 0 Å². The van der Waals surface area contributed by atoms with Crippen LogP contribution < -0.4 is 5.56 Å². The molecular formula is C7H7ClNO2. The van der Waals surface area contributed by atoms with Gasteiger partial charge in [0.15, 0.2) is 0 Å². The molecule has 1 heterocycles. The van der Waals surface area contributed by atoms with Gasteiger partial charge in [0.05, 0.1) is 5.02 Å². The van der Waals surface area contributed by atoms with E-state index in [1.54, 1.807) is 0 Å². The summed E-state index contributed by atoms with van der Waals surface area (Å²) in [5.41, 5.74) is -0.170. The Kier molecular flexibility index (Phi) is 2.68. The van der Waals surface area contributed by atoms with E-state index in [0.29, 0.717) is 5.02 Å². The molecule has 0 unspecified atom stereocenters. The van der Waals surface area contributed by atoms with Gasteiger partial charge in [0, 0.05) is 25.4 Å². The maximum Gasteiger partial charge on any atom is 0.253 e. The first-order valence-corrected chi connectivity index (χ1v) is 3.38. The SMILES string of the molecule is COCn1cc(Cl)[c]cc1=O. The van der Waals surface area contributed by atoms with Gasteiger partial charge in [-0.1, -0.05) is 11.6 Å². The Morgan fingerprint density at radius 3 is 3.18 bits per heavy atom. The highest BCUT2D eigenvalue weighted by molar-refractivity contribution is 6.30. The third-order valence-electron chi connectivity index (χ3n) is 1.15. The quantitative estimate of drug-likeness (QED) is 0.664. The lowest BCUT2D eigenvalue weighted by Gasteiger charge is -2.01. The minimum atomic E-state index is -0.170. The molecule has 0 aromatic carbocycles. The third kappa shape index (κ3) is 2.06. The van der Waals surface area contributed by atoms with Gasteiger partial charge in [-0.3, -0.25) is 9.36 Å². The van der Waals surface area contributed by atoms with Gasteiger partial charge in [-0.05, 0) is 0 Å². The maximum atomic E-state index is 11.0. The molecule has 1 aromatic rings. The van der Waals surface area contributed by atoms with Gasteiger partial charge < -0.3 is 4.74 Å². The standard InChI is InChI=1S/C7H7ClNO2/c1-11-5-9-4-6(8)2-3-7(9)10/h3-4H,5H2,1H3. The Labute approximate surface area is 69.2 Å². The van der Waals surface area contributed by atoms with Gasteiger partial charge in [0.2, 0.25) is 0 Å². The van der Waals surface area contributed by atoms with Crippen molar-refractivity contribution in [2.45, 2.75) is 6.73 Å². The first-order chi connectivity index (χ1) is 5.24. The predicted octanol–water partition coefficient (Wildman–Crippen LogP) is 0.906. The fourth-order valence-corrected chi connectivity index (χ4v) is 0.864. The Hall–Kier alpha value is -0.800. The second-order valence-corrected chi connectivity index (χ2v) is 2.40. The van der Waals surface area contributed by atoms with Gasteiger partial charge >= 0.3 is 0 Å². The van der Waals surface area contributed by atoms with Gasteiger partial charge in [0.1, 0.15) is 6.73 Å². The number of hydrogen-bond donors (Lipinski definition) is 0. The third-order valence-corrected chi connectivity index (χ3v) is 1.36. The number of halogens is 1. The number of hydrogen-bond acceptors (Lipinski definition) is 2. The highest BCUT2D eigenvalue weighted by atomic mass is 35.5. The molecule has 0 amide bonds. The van der Waals surface area contributed by atoms with Crippen LogP contribution in [0.5, 0.6) is 0 Å². The second-order valence-electron chi connectivity index (χ2n) is 1.99. The number of ether oxygens (including phenoxy) is 1. The summed E-state index contributed by atoms with van der Waals surface area (Å²) in [6.45, 7) is 0.216. The first kappa shape index (κ1) is 8.30. The number of rotatable bonds is 2. The van der Waals surface area contributed by atoms with Gasteiger partial charge in [-0.25, -0.2) is 0 Å². The zero-order valence-electron chi connectivity index (χ0n) is 6.00. The van der Waals surface area contributed by atoms with Crippen LogP contribution in [0.1, 0.15) is 0 Å². The largest absolute Gasteiger partial charge is 0.364 e. The Morgan fingerprint density at radius 2 is 2.55 bits per heavy atom. The molecule has 4 heteroatoms. The molecule has 0 atom stereocenters. The van der Waals surface area contributed by atoms with Crippen molar-refractivity contribution < 1.29 is 4.74 Å². The zero-order chi connectivity index (χ0) is 8.27. The molecular weight excluding hydrogens is 166 g/mol. The molecule has 1 aromatic heterocycles. The van der Waals surface area contributed by atoms with Crippen molar-refractivity contribution in [2.24, 2.45) is 0 Å². The molecule has 0 aliphatic carbocycles. The van der Waals surface area contributed by atoms with Gasteiger partial charge in [-0.2, -0.15) is 0 Å². The second kappa shape index (κ2) is 3.55. The van der Waals surface area contributed by atoms with Crippen LogP contribution in [0.2, 0.25) is 5.02 Å². The minimum absolute atomic E-state index is 0.170. The van der Waals surface area contributed by atoms with Crippen LogP contribution in [0.15, 0.2) is 17.1 Å². The fourth-order valence-electron chi connectivity index (χ4n) is 0.691. The van der Waals surface area contributed by atoms with Crippen molar-refractivity contribution in [1.29, 1.82) is 0 Å². The lowest BCUT2D eigenvalue weighted by atomic mass is 10.5. The van der Waals surface area contributed by atoms with Crippen LogP contribution in [0.3, 0.4) is 0 Å². The summed E-state index contributed by atoms with van der Waals surface area (Å²) in [5.74, 6) is 0. The van der Waals surface area contributed by atoms with Gasteiger partial charge in [0.25, 0.3) is 5.56 Å². The van der Waals surface area contributed by atoms with Crippen LogP contribution in [-0.2, 0) is 11.5 Å². The van der Waals surface area contributed by atoms with Crippen molar-refractivity contribution in [2.75, 3.05) is 7.11 Å². The summed E-state index contributed by atoms with van der Waals surface area (Å²) in [6, 6.07) is 3.85. The fraction of sp³-hybridized carbons (Fsp3) is 0.286. The average molecular weight is 173 g/mol. The molecule has 0 N–H and O–H groups in total. The van der Waals surface area contributed by atoms with E-state index in [-0.39, 0.29) is 12.3 Å². The minimum Gasteiger partial charge on any atom is -0.364 e. The molecule has 0 fully saturated rings. The molecule has 1 rings (SSSR count). The molecule has 0 saturated carbocycles. The summed E-state index contributed by atoms with van der Waals surface area (Å²) in [4.78, 5) is 11.0. The molecule has 0 aliphatic rings. The highest BCUT2D eigenvalue weighted by Crippen LogP contribution is 2.01. The Morgan fingerprint density at radius 1 is 1.82 bits per heavy atom. The average Bonchev–Trinajstić information content (AvgIpc) is 1.98. The highest BCUT2D eigenvalue weighted by Gasteiger charge is 1.94. The monoisotopic (exact) mass is 172 g/mol. The Balaban J connectivity index is 3.03. The predicted molar refractivity (Wildman–Crippen MR) is 41.6 cm³/mol. The van der Waals surface area contributed by atoms with E-state index in [2.05, 4.69) is 6.07 Å². The molecule has 3 nitrogen and oxygen atoms in total. The molecule has 1 radical (unpaired) electrons. The number of nitrogens with zero attached hydrogens (tertiary/aromatic N) is 1. The number of aromatic nitrogens is 1. The van der Waals surface area contributed by atoms with Crippen LogP contribution in [-0.4, -0.2) is 11.7 Å². The molecule has 0 spiro atoms. The van der Waals surface area contributed by atoms with E-state index in [1.807, 2.05) is 0 Å². The molecule has 0 aliphatic heterocycles.